The quantitative estimate of drug-likeness (QED) is 0.672. The molecule has 0 radical (unpaired) electrons. The molecule has 0 saturated carbocycles. The Labute approximate surface area is 139 Å². The molecule has 21 heavy (non-hydrogen) atoms. The smallest absolute Gasteiger partial charge is 0.387 e. The minimum Gasteiger partial charge on any atom is -0.434 e. The van der Waals surface area contributed by atoms with Crippen LogP contribution in [0.25, 0.3) is 0 Å². The Morgan fingerprint density at radius 1 is 1.19 bits per heavy atom. The van der Waals surface area contributed by atoms with Crippen molar-refractivity contribution in [2.24, 2.45) is 0 Å². The lowest BCUT2D eigenvalue weighted by Gasteiger charge is -2.14. The van der Waals surface area contributed by atoms with Crippen molar-refractivity contribution in [3.05, 3.63) is 56.5 Å². The first-order chi connectivity index (χ1) is 9.97. The monoisotopic (exact) mass is 395 g/mol. The number of ether oxygens (including phenoxy) is 1. The van der Waals surface area contributed by atoms with Gasteiger partial charge in [-0.25, -0.2) is 0 Å². The molecule has 2 aromatic rings. The predicted octanol–water partition coefficient (Wildman–Crippen LogP) is 5.97. The first-order valence-corrected chi connectivity index (χ1v) is 7.43. The fraction of sp³-hybridized carbons (Fsp3) is 0.143. The summed E-state index contributed by atoms with van der Waals surface area (Å²) in [4.78, 5) is 0. The van der Waals surface area contributed by atoms with Gasteiger partial charge in [-0.2, -0.15) is 8.78 Å². The van der Waals surface area contributed by atoms with E-state index in [0.717, 1.165) is 5.69 Å². The maximum Gasteiger partial charge on any atom is 0.387 e. The van der Waals surface area contributed by atoms with Gasteiger partial charge < -0.3 is 10.1 Å². The van der Waals surface area contributed by atoms with E-state index in [9.17, 15) is 8.78 Å². The van der Waals surface area contributed by atoms with Crippen LogP contribution < -0.4 is 10.1 Å². The number of nitrogens with one attached hydrogen (secondary N) is 1. The Hall–Kier alpha value is -1.04. The van der Waals surface area contributed by atoms with E-state index in [-0.39, 0.29) is 12.3 Å². The summed E-state index contributed by atoms with van der Waals surface area (Å²) in [6.45, 7) is -2.62. The lowest BCUT2D eigenvalue weighted by molar-refractivity contribution is -0.0504. The minimum atomic E-state index is -2.89. The molecule has 7 heteroatoms. The molecular formula is C14H10BrCl2F2NO. The fourth-order valence-corrected chi connectivity index (χ4v) is 2.50. The lowest BCUT2D eigenvalue weighted by Crippen LogP contribution is -2.07. The van der Waals surface area contributed by atoms with Gasteiger partial charge in [-0.15, -0.1) is 0 Å². The predicted molar refractivity (Wildman–Crippen MR) is 84.6 cm³/mol. The van der Waals surface area contributed by atoms with Crippen molar-refractivity contribution >= 4 is 44.8 Å². The molecule has 0 aliphatic heterocycles. The number of hydrogen-bond acceptors (Lipinski definition) is 2. The van der Waals surface area contributed by atoms with E-state index < -0.39 is 6.61 Å². The van der Waals surface area contributed by atoms with Crippen LogP contribution in [0, 0.1) is 0 Å². The highest BCUT2D eigenvalue weighted by molar-refractivity contribution is 9.10. The third-order valence-corrected chi connectivity index (χ3v) is 4.29. The van der Waals surface area contributed by atoms with Crippen LogP contribution in [-0.2, 0) is 6.54 Å². The molecule has 0 heterocycles. The summed E-state index contributed by atoms with van der Waals surface area (Å²) < 4.78 is 29.9. The van der Waals surface area contributed by atoms with Crippen molar-refractivity contribution in [3.8, 4) is 5.75 Å². The highest BCUT2D eigenvalue weighted by Crippen LogP contribution is 2.31. The largest absolute Gasteiger partial charge is 0.434 e. The van der Waals surface area contributed by atoms with E-state index in [1.165, 1.54) is 12.1 Å². The Morgan fingerprint density at radius 2 is 1.95 bits per heavy atom. The molecular weight excluding hydrogens is 387 g/mol. The molecule has 112 valence electrons. The molecule has 0 aliphatic rings. The zero-order valence-corrected chi connectivity index (χ0v) is 13.6. The van der Waals surface area contributed by atoms with Crippen molar-refractivity contribution in [1.29, 1.82) is 0 Å². The second kappa shape index (κ2) is 7.29. The highest BCUT2D eigenvalue weighted by Gasteiger charge is 2.11. The molecule has 0 aliphatic carbocycles. The first-order valence-electron chi connectivity index (χ1n) is 5.88. The maximum atomic E-state index is 12.4. The topological polar surface area (TPSA) is 21.3 Å². The van der Waals surface area contributed by atoms with Crippen LogP contribution in [0.2, 0.25) is 10.0 Å². The fourth-order valence-electron chi connectivity index (χ4n) is 1.73. The van der Waals surface area contributed by atoms with Gasteiger partial charge in [0.15, 0.2) is 0 Å². The van der Waals surface area contributed by atoms with Crippen molar-refractivity contribution in [2.45, 2.75) is 13.2 Å². The summed E-state index contributed by atoms with van der Waals surface area (Å²) in [6.07, 6.45) is 0. The average Bonchev–Trinajstić information content (AvgIpc) is 2.42. The van der Waals surface area contributed by atoms with Gasteiger partial charge in [-0.05, 0) is 46.3 Å². The van der Waals surface area contributed by atoms with Crippen LogP contribution in [-0.4, -0.2) is 6.61 Å². The van der Waals surface area contributed by atoms with Gasteiger partial charge in [0.05, 0.1) is 15.2 Å². The molecule has 2 rings (SSSR count). The maximum absolute atomic E-state index is 12.4. The normalized spacial score (nSPS) is 10.8. The van der Waals surface area contributed by atoms with Gasteiger partial charge in [0, 0.05) is 17.1 Å². The Balaban J connectivity index is 2.19. The molecule has 0 saturated heterocycles. The van der Waals surface area contributed by atoms with Gasteiger partial charge in [0.2, 0.25) is 0 Å². The highest BCUT2D eigenvalue weighted by atomic mass is 79.9. The number of benzene rings is 2. The first kappa shape index (κ1) is 16.3. The van der Waals surface area contributed by atoms with Crippen LogP contribution in [0.1, 0.15) is 5.56 Å². The second-order valence-electron chi connectivity index (χ2n) is 4.09. The van der Waals surface area contributed by atoms with Gasteiger partial charge >= 0.3 is 6.61 Å². The summed E-state index contributed by atoms with van der Waals surface area (Å²) in [5.74, 6) is 0.0834. The number of halogens is 5. The molecule has 0 unspecified atom stereocenters. The third kappa shape index (κ3) is 4.46. The summed E-state index contributed by atoms with van der Waals surface area (Å²) in [7, 11) is 0. The van der Waals surface area contributed by atoms with E-state index in [1.807, 2.05) is 6.07 Å². The standard InChI is InChI=1S/C14H10BrCl2F2NO/c15-13-10(17)2-1-3-11(13)20-7-8-6-9(16)4-5-12(8)21-14(18)19/h1-6,14,20H,7H2. The zero-order chi connectivity index (χ0) is 15.4. The molecule has 2 aromatic carbocycles. The minimum absolute atomic E-state index is 0.0834. The number of rotatable bonds is 5. The molecule has 0 bridgehead atoms. The Kier molecular flexibility index (Phi) is 5.67. The van der Waals surface area contributed by atoms with Gasteiger partial charge in [0.25, 0.3) is 0 Å². The number of alkyl halides is 2. The second-order valence-corrected chi connectivity index (χ2v) is 5.72. The molecule has 1 N–H and O–H groups in total. The van der Waals surface area contributed by atoms with Gasteiger partial charge in [0.1, 0.15) is 5.75 Å². The molecule has 0 spiro atoms. The van der Waals surface area contributed by atoms with Crippen molar-refractivity contribution in [3.63, 3.8) is 0 Å². The van der Waals surface area contributed by atoms with Crippen molar-refractivity contribution in [2.75, 3.05) is 5.32 Å². The van der Waals surface area contributed by atoms with E-state index in [1.54, 1.807) is 18.2 Å². The Bertz CT molecular complexity index is 640. The SMILES string of the molecule is FC(F)Oc1ccc(Cl)cc1CNc1cccc(Cl)c1Br. The summed E-state index contributed by atoms with van der Waals surface area (Å²) in [5.41, 5.74) is 1.26. The van der Waals surface area contributed by atoms with E-state index in [0.29, 0.717) is 20.1 Å². The van der Waals surface area contributed by atoms with E-state index in [4.69, 9.17) is 23.2 Å². The molecule has 0 fully saturated rings. The van der Waals surface area contributed by atoms with Crippen LogP contribution in [0.4, 0.5) is 14.5 Å². The van der Waals surface area contributed by atoms with E-state index >= 15 is 0 Å². The van der Waals surface area contributed by atoms with Crippen LogP contribution >= 0.6 is 39.1 Å². The summed E-state index contributed by atoms with van der Waals surface area (Å²) in [6, 6.07) is 9.82. The number of hydrogen-bond donors (Lipinski definition) is 1. The third-order valence-electron chi connectivity index (χ3n) is 2.66. The summed E-state index contributed by atoms with van der Waals surface area (Å²) >= 11 is 15.2. The molecule has 0 amide bonds. The zero-order valence-electron chi connectivity index (χ0n) is 10.5. The summed E-state index contributed by atoms with van der Waals surface area (Å²) in [5, 5.41) is 4.09. The van der Waals surface area contributed by atoms with Gasteiger partial charge in [-0.1, -0.05) is 29.3 Å². The van der Waals surface area contributed by atoms with Crippen LogP contribution in [0.5, 0.6) is 5.75 Å². The van der Waals surface area contributed by atoms with Crippen LogP contribution in [0.3, 0.4) is 0 Å². The molecule has 2 nitrogen and oxygen atoms in total. The number of anilines is 1. The molecule has 0 aromatic heterocycles. The van der Waals surface area contributed by atoms with Crippen molar-refractivity contribution in [1.82, 2.24) is 0 Å². The Morgan fingerprint density at radius 3 is 2.67 bits per heavy atom. The average molecular weight is 397 g/mol. The molecule has 0 atom stereocenters. The van der Waals surface area contributed by atoms with Crippen molar-refractivity contribution < 1.29 is 13.5 Å². The lowest BCUT2D eigenvalue weighted by atomic mass is 10.2. The van der Waals surface area contributed by atoms with Gasteiger partial charge in [-0.3, -0.25) is 0 Å². The van der Waals surface area contributed by atoms with E-state index in [2.05, 4.69) is 26.0 Å². The van der Waals surface area contributed by atoms with Crippen LogP contribution in [0.15, 0.2) is 40.9 Å².